The zero-order chi connectivity index (χ0) is 15.2. The molecule has 0 fully saturated rings. The van der Waals surface area contributed by atoms with Crippen molar-refractivity contribution in [1.82, 2.24) is 0 Å². The normalized spacial score (nSPS) is 10.4. The molecule has 0 heterocycles. The largest absolute Gasteiger partial charge is 0.326 e. The van der Waals surface area contributed by atoms with Gasteiger partial charge in [-0.3, -0.25) is 4.79 Å². The van der Waals surface area contributed by atoms with Crippen LogP contribution in [-0.2, 0) is 4.79 Å². The molecule has 0 radical (unpaired) electrons. The number of halogens is 1. The maximum atomic E-state index is 12.0. The molecule has 0 aliphatic rings. The van der Waals surface area contributed by atoms with Crippen molar-refractivity contribution in [3.63, 3.8) is 0 Å². The van der Waals surface area contributed by atoms with E-state index in [1.165, 1.54) is 5.56 Å². The number of carbonyl (C=O) groups is 1. The molecule has 1 amide bonds. The van der Waals surface area contributed by atoms with Crippen molar-refractivity contribution in [3.8, 4) is 0 Å². The Morgan fingerprint density at radius 3 is 2.67 bits per heavy atom. The van der Waals surface area contributed by atoms with Crippen molar-refractivity contribution in [2.45, 2.75) is 25.2 Å². The third-order valence-electron chi connectivity index (χ3n) is 3.30. The minimum absolute atomic E-state index is 0.0308. The van der Waals surface area contributed by atoms with E-state index in [0.29, 0.717) is 12.2 Å². The highest BCUT2D eigenvalue weighted by molar-refractivity contribution is 7.99. The lowest BCUT2D eigenvalue weighted by Gasteiger charge is -2.10. The molecule has 2 rings (SSSR count). The van der Waals surface area contributed by atoms with E-state index in [0.717, 1.165) is 21.2 Å². The highest BCUT2D eigenvalue weighted by Crippen LogP contribution is 2.27. The molecule has 110 valence electrons. The van der Waals surface area contributed by atoms with Gasteiger partial charge in [0.15, 0.2) is 0 Å². The summed E-state index contributed by atoms with van der Waals surface area (Å²) in [6.45, 7) is 4.06. The SMILES string of the molecule is Cc1cccc(NC(=O)CCSc2ccccc2Cl)c1C. The Kier molecular flexibility index (Phi) is 5.71. The summed E-state index contributed by atoms with van der Waals surface area (Å²) in [5.41, 5.74) is 3.19. The van der Waals surface area contributed by atoms with Gasteiger partial charge in [0.25, 0.3) is 0 Å². The topological polar surface area (TPSA) is 29.1 Å². The molecular weight excluding hydrogens is 302 g/mol. The Morgan fingerprint density at radius 1 is 1.14 bits per heavy atom. The summed E-state index contributed by atoms with van der Waals surface area (Å²) >= 11 is 7.69. The fraction of sp³-hybridized carbons (Fsp3) is 0.235. The minimum Gasteiger partial charge on any atom is -0.326 e. The van der Waals surface area contributed by atoms with E-state index in [1.54, 1.807) is 11.8 Å². The summed E-state index contributed by atoms with van der Waals surface area (Å²) < 4.78 is 0. The van der Waals surface area contributed by atoms with Gasteiger partial charge in [0.1, 0.15) is 0 Å². The second-order valence-corrected chi connectivity index (χ2v) is 6.37. The number of nitrogens with one attached hydrogen (secondary N) is 1. The number of rotatable bonds is 5. The molecule has 0 aliphatic heterocycles. The maximum Gasteiger partial charge on any atom is 0.225 e. The van der Waals surface area contributed by atoms with Gasteiger partial charge in [-0.25, -0.2) is 0 Å². The number of carbonyl (C=O) groups excluding carboxylic acids is 1. The predicted octanol–water partition coefficient (Wildman–Crippen LogP) is 5.08. The maximum absolute atomic E-state index is 12.0. The molecule has 0 aliphatic carbocycles. The van der Waals surface area contributed by atoms with Crippen LogP contribution in [0.15, 0.2) is 47.4 Å². The predicted molar refractivity (Wildman–Crippen MR) is 91.3 cm³/mol. The quantitative estimate of drug-likeness (QED) is 0.779. The number of thioether (sulfide) groups is 1. The summed E-state index contributed by atoms with van der Waals surface area (Å²) in [4.78, 5) is 13.0. The van der Waals surface area contributed by atoms with Crippen LogP contribution in [0.1, 0.15) is 17.5 Å². The number of aryl methyl sites for hydroxylation is 1. The lowest BCUT2D eigenvalue weighted by Crippen LogP contribution is -2.13. The van der Waals surface area contributed by atoms with Gasteiger partial charge in [0, 0.05) is 22.8 Å². The zero-order valence-electron chi connectivity index (χ0n) is 12.2. The number of hydrogen-bond acceptors (Lipinski definition) is 2. The molecule has 0 unspecified atom stereocenters. The summed E-state index contributed by atoms with van der Waals surface area (Å²) in [5.74, 6) is 0.740. The summed E-state index contributed by atoms with van der Waals surface area (Å²) in [6, 6.07) is 13.6. The molecule has 0 aromatic heterocycles. The minimum atomic E-state index is 0.0308. The second-order valence-electron chi connectivity index (χ2n) is 4.82. The van der Waals surface area contributed by atoms with Crippen molar-refractivity contribution in [2.24, 2.45) is 0 Å². The second kappa shape index (κ2) is 7.53. The summed E-state index contributed by atoms with van der Waals surface area (Å²) in [5, 5.41) is 3.70. The molecule has 0 atom stereocenters. The molecule has 2 aromatic carbocycles. The first-order valence-corrected chi connectivity index (χ1v) is 8.17. The first-order chi connectivity index (χ1) is 10.1. The Morgan fingerprint density at radius 2 is 1.90 bits per heavy atom. The van der Waals surface area contributed by atoms with Crippen LogP contribution in [0, 0.1) is 13.8 Å². The number of anilines is 1. The lowest BCUT2D eigenvalue weighted by atomic mass is 10.1. The smallest absolute Gasteiger partial charge is 0.225 e. The fourth-order valence-corrected chi connectivity index (χ4v) is 3.10. The van der Waals surface area contributed by atoms with Crippen LogP contribution in [-0.4, -0.2) is 11.7 Å². The first-order valence-electron chi connectivity index (χ1n) is 6.81. The Hall–Kier alpha value is -1.45. The molecule has 0 spiro atoms. The molecule has 2 aromatic rings. The number of amides is 1. The molecule has 21 heavy (non-hydrogen) atoms. The van der Waals surface area contributed by atoms with Crippen molar-refractivity contribution in [1.29, 1.82) is 0 Å². The van der Waals surface area contributed by atoms with Crippen LogP contribution in [0.2, 0.25) is 5.02 Å². The van der Waals surface area contributed by atoms with Gasteiger partial charge >= 0.3 is 0 Å². The van der Waals surface area contributed by atoms with E-state index in [1.807, 2.05) is 56.3 Å². The van der Waals surface area contributed by atoms with Crippen LogP contribution in [0.4, 0.5) is 5.69 Å². The summed E-state index contributed by atoms with van der Waals surface area (Å²) in [7, 11) is 0. The third-order valence-corrected chi connectivity index (χ3v) is 4.82. The Balaban J connectivity index is 1.85. The van der Waals surface area contributed by atoms with E-state index in [9.17, 15) is 4.79 Å². The third kappa shape index (κ3) is 4.51. The van der Waals surface area contributed by atoms with Gasteiger partial charge in [-0.1, -0.05) is 35.9 Å². The summed E-state index contributed by atoms with van der Waals surface area (Å²) in [6.07, 6.45) is 0.462. The van der Waals surface area contributed by atoms with Crippen LogP contribution in [0.3, 0.4) is 0 Å². The van der Waals surface area contributed by atoms with Crippen LogP contribution in [0.5, 0.6) is 0 Å². The van der Waals surface area contributed by atoms with Gasteiger partial charge in [0.2, 0.25) is 5.91 Å². The zero-order valence-corrected chi connectivity index (χ0v) is 13.7. The van der Waals surface area contributed by atoms with E-state index in [-0.39, 0.29) is 5.91 Å². The molecule has 4 heteroatoms. The molecule has 0 saturated carbocycles. The van der Waals surface area contributed by atoms with Gasteiger partial charge in [0.05, 0.1) is 5.02 Å². The van der Waals surface area contributed by atoms with Crippen LogP contribution in [0.25, 0.3) is 0 Å². The highest BCUT2D eigenvalue weighted by atomic mass is 35.5. The average molecular weight is 320 g/mol. The molecule has 0 bridgehead atoms. The van der Waals surface area contributed by atoms with E-state index < -0.39 is 0 Å². The Labute approximate surface area is 134 Å². The van der Waals surface area contributed by atoms with Gasteiger partial charge < -0.3 is 5.32 Å². The van der Waals surface area contributed by atoms with Gasteiger partial charge in [-0.2, -0.15) is 0 Å². The number of benzene rings is 2. The monoisotopic (exact) mass is 319 g/mol. The van der Waals surface area contributed by atoms with Crippen molar-refractivity contribution >= 4 is 35.0 Å². The first kappa shape index (κ1) is 15.9. The van der Waals surface area contributed by atoms with E-state index >= 15 is 0 Å². The van der Waals surface area contributed by atoms with Crippen molar-refractivity contribution in [3.05, 3.63) is 58.6 Å². The molecule has 0 saturated heterocycles. The average Bonchev–Trinajstić information content (AvgIpc) is 2.46. The van der Waals surface area contributed by atoms with Crippen molar-refractivity contribution in [2.75, 3.05) is 11.1 Å². The Bertz CT molecular complexity index is 642. The highest BCUT2D eigenvalue weighted by Gasteiger charge is 2.07. The van der Waals surface area contributed by atoms with Crippen molar-refractivity contribution < 1.29 is 4.79 Å². The molecule has 1 N–H and O–H groups in total. The van der Waals surface area contributed by atoms with Gasteiger partial charge in [-0.05, 0) is 43.2 Å². The van der Waals surface area contributed by atoms with Crippen LogP contribution >= 0.6 is 23.4 Å². The number of hydrogen-bond donors (Lipinski definition) is 1. The van der Waals surface area contributed by atoms with Crippen LogP contribution < -0.4 is 5.32 Å². The van der Waals surface area contributed by atoms with E-state index in [4.69, 9.17) is 11.6 Å². The lowest BCUT2D eigenvalue weighted by molar-refractivity contribution is -0.115. The van der Waals surface area contributed by atoms with E-state index in [2.05, 4.69) is 5.32 Å². The standard InChI is InChI=1S/C17H18ClNOS/c1-12-6-5-8-15(13(12)2)19-17(20)10-11-21-16-9-4-3-7-14(16)18/h3-9H,10-11H2,1-2H3,(H,19,20). The molecule has 2 nitrogen and oxygen atoms in total. The fourth-order valence-electron chi connectivity index (χ4n) is 1.91. The van der Waals surface area contributed by atoms with Gasteiger partial charge in [-0.15, -0.1) is 11.8 Å². The molecular formula is C17H18ClNOS.